The highest BCUT2D eigenvalue weighted by Crippen LogP contribution is 2.36. The summed E-state index contributed by atoms with van der Waals surface area (Å²) in [7, 11) is -3.15. The summed E-state index contributed by atoms with van der Waals surface area (Å²) in [6, 6.07) is 7.89. The lowest BCUT2D eigenvalue weighted by Crippen LogP contribution is -2.65. The zero-order valence-corrected chi connectivity index (χ0v) is 12.0. The molecule has 2 bridgehead atoms. The number of sulfone groups is 1. The van der Waals surface area contributed by atoms with Crippen LogP contribution in [0.5, 0.6) is 0 Å². The van der Waals surface area contributed by atoms with Gasteiger partial charge in [0.2, 0.25) is 5.91 Å². The van der Waals surface area contributed by atoms with Crippen molar-refractivity contribution < 1.29 is 13.2 Å². The van der Waals surface area contributed by atoms with Gasteiger partial charge in [-0.25, -0.2) is 8.42 Å². The molecule has 1 aromatic carbocycles. The summed E-state index contributed by atoms with van der Waals surface area (Å²) in [6.45, 7) is 1.39. The standard InChI is InChI=1S/C14H18N2O3S/c15-8-11-4-2-1-3-10(11)5-6-16-9-12-7-13(14(16)17)20(12,18)19/h1-4,12-13H,5-9,15H2. The van der Waals surface area contributed by atoms with Crippen LogP contribution in [0.15, 0.2) is 24.3 Å². The van der Waals surface area contributed by atoms with Gasteiger partial charge in [0.05, 0.1) is 5.25 Å². The highest BCUT2D eigenvalue weighted by molar-refractivity contribution is 7.95. The van der Waals surface area contributed by atoms with Crippen molar-refractivity contribution in [1.29, 1.82) is 0 Å². The summed E-state index contributed by atoms with van der Waals surface area (Å²) < 4.78 is 23.4. The van der Waals surface area contributed by atoms with Crippen LogP contribution in [0.2, 0.25) is 0 Å². The van der Waals surface area contributed by atoms with Crippen molar-refractivity contribution in [3.8, 4) is 0 Å². The summed E-state index contributed by atoms with van der Waals surface area (Å²) in [5, 5.41) is -1.11. The van der Waals surface area contributed by atoms with E-state index in [2.05, 4.69) is 0 Å². The van der Waals surface area contributed by atoms with Crippen LogP contribution in [0.4, 0.5) is 0 Å². The largest absolute Gasteiger partial charge is 0.340 e. The minimum atomic E-state index is -3.15. The molecule has 20 heavy (non-hydrogen) atoms. The Balaban J connectivity index is 1.67. The molecule has 108 valence electrons. The first-order chi connectivity index (χ1) is 9.54. The molecular weight excluding hydrogens is 276 g/mol. The summed E-state index contributed by atoms with van der Waals surface area (Å²) in [5.41, 5.74) is 7.90. The van der Waals surface area contributed by atoms with Crippen molar-refractivity contribution in [2.45, 2.75) is 29.9 Å². The van der Waals surface area contributed by atoms with Gasteiger partial charge in [0.25, 0.3) is 0 Å². The van der Waals surface area contributed by atoms with Gasteiger partial charge in [-0.2, -0.15) is 0 Å². The van der Waals surface area contributed by atoms with Crippen molar-refractivity contribution in [2.24, 2.45) is 5.73 Å². The Morgan fingerprint density at radius 2 is 1.95 bits per heavy atom. The number of benzene rings is 1. The van der Waals surface area contributed by atoms with E-state index in [9.17, 15) is 13.2 Å². The number of piperidine rings is 1. The summed E-state index contributed by atoms with van der Waals surface area (Å²) in [6.07, 6.45) is 1.23. The first-order valence-electron chi connectivity index (χ1n) is 6.82. The SMILES string of the molecule is NCc1ccccc1CCN1CC2CC(C1=O)S2(=O)=O. The number of fused-ring (bicyclic) bond motifs is 2. The number of carbonyl (C=O) groups excluding carboxylic acids is 1. The average molecular weight is 294 g/mol. The molecule has 2 N–H and O–H groups in total. The molecule has 0 aromatic heterocycles. The average Bonchev–Trinajstić information content (AvgIpc) is 2.45. The van der Waals surface area contributed by atoms with Crippen LogP contribution >= 0.6 is 0 Å². The highest BCUT2D eigenvalue weighted by atomic mass is 32.2. The van der Waals surface area contributed by atoms with Gasteiger partial charge in [-0.15, -0.1) is 0 Å². The molecule has 0 aliphatic carbocycles. The lowest BCUT2D eigenvalue weighted by molar-refractivity contribution is -0.133. The van der Waals surface area contributed by atoms with E-state index >= 15 is 0 Å². The molecule has 3 heterocycles. The van der Waals surface area contributed by atoms with Gasteiger partial charge in [-0.1, -0.05) is 24.3 Å². The molecular formula is C14H18N2O3S. The topological polar surface area (TPSA) is 80.5 Å². The van der Waals surface area contributed by atoms with Crippen LogP contribution in [-0.2, 0) is 27.6 Å². The third kappa shape index (κ3) is 2.03. The molecule has 3 aliphatic rings. The van der Waals surface area contributed by atoms with Gasteiger partial charge in [0, 0.05) is 19.6 Å². The van der Waals surface area contributed by atoms with Gasteiger partial charge in [-0.05, 0) is 24.0 Å². The fourth-order valence-electron chi connectivity index (χ4n) is 3.03. The minimum Gasteiger partial charge on any atom is -0.340 e. The quantitative estimate of drug-likeness (QED) is 0.853. The predicted octanol–water partition coefficient (Wildman–Crippen LogP) is 0.0857. The number of hydrogen-bond donors (Lipinski definition) is 1. The van der Waals surface area contributed by atoms with E-state index in [1.807, 2.05) is 24.3 Å². The van der Waals surface area contributed by atoms with Gasteiger partial charge in [-0.3, -0.25) is 4.79 Å². The second-order valence-electron chi connectivity index (χ2n) is 5.44. The van der Waals surface area contributed by atoms with Gasteiger partial charge in [0.15, 0.2) is 9.84 Å². The first-order valence-corrected chi connectivity index (χ1v) is 8.43. The predicted molar refractivity (Wildman–Crippen MR) is 75.7 cm³/mol. The van der Waals surface area contributed by atoms with Crippen molar-refractivity contribution in [1.82, 2.24) is 4.90 Å². The maximum absolute atomic E-state index is 12.1. The fourth-order valence-corrected chi connectivity index (χ4v) is 4.92. The smallest absolute Gasteiger partial charge is 0.241 e. The van der Waals surface area contributed by atoms with E-state index < -0.39 is 15.1 Å². The normalized spacial score (nSPS) is 27.2. The maximum atomic E-state index is 12.1. The van der Waals surface area contributed by atoms with E-state index in [1.165, 1.54) is 0 Å². The van der Waals surface area contributed by atoms with Crippen molar-refractivity contribution in [3.63, 3.8) is 0 Å². The molecule has 2 unspecified atom stereocenters. The molecule has 0 spiro atoms. The van der Waals surface area contributed by atoms with Crippen LogP contribution in [0.1, 0.15) is 17.5 Å². The molecule has 5 nitrogen and oxygen atoms in total. The van der Waals surface area contributed by atoms with E-state index in [0.29, 0.717) is 26.1 Å². The zero-order valence-electron chi connectivity index (χ0n) is 11.2. The lowest BCUT2D eigenvalue weighted by atomic mass is 10.0. The summed E-state index contributed by atoms with van der Waals surface area (Å²) >= 11 is 0. The van der Waals surface area contributed by atoms with Crippen LogP contribution in [-0.4, -0.2) is 42.8 Å². The third-order valence-corrected chi connectivity index (χ3v) is 6.80. The lowest BCUT2D eigenvalue weighted by Gasteiger charge is -2.45. The van der Waals surface area contributed by atoms with Crippen LogP contribution < -0.4 is 5.73 Å². The monoisotopic (exact) mass is 294 g/mol. The Morgan fingerprint density at radius 3 is 2.55 bits per heavy atom. The second-order valence-corrected chi connectivity index (χ2v) is 7.86. The molecule has 1 amide bonds. The van der Waals surface area contributed by atoms with Gasteiger partial charge in [0.1, 0.15) is 5.25 Å². The van der Waals surface area contributed by atoms with E-state index in [4.69, 9.17) is 5.73 Å². The van der Waals surface area contributed by atoms with Gasteiger partial charge >= 0.3 is 0 Å². The molecule has 1 aromatic rings. The van der Waals surface area contributed by atoms with Crippen molar-refractivity contribution in [3.05, 3.63) is 35.4 Å². The molecule has 0 saturated carbocycles. The molecule has 6 heteroatoms. The van der Waals surface area contributed by atoms with Crippen molar-refractivity contribution in [2.75, 3.05) is 13.1 Å². The van der Waals surface area contributed by atoms with Gasteiger partial charge < -0.3 is 10.6 Å². The van der Waals surface area contributed by atoms with E-state index in [1.54, 1.807) is 4.90 Å². The number of nitrogens with two attached hydrogens (primary N) is 1. The summed E-state index contributed by atoms with van der Waals surface area (Å²) in [5.74, 6) is -0.224. The molecule has 0 radical (unpaired) electrons. The maximum Gasteiger partial charge on any atom is 0.241 e. The number of nitrogens with zero attached hydrogens (tertiary/aromatic N) is 1. The van der Waals surface area contributed by atoms with E-state index in [-0.39, 0.29) is 11.2 Å². The Hall–Kier alpha value is -1.40. The molecule has 3 aliphatic heterocycles. The number of hydrogen-bond acceptors (Lipinski definition) is 4. The number of rotatable bonds is 4. The highest BCUT2D eigenvalue weighted by Gasteiger charge is 2.56. The Labute approximate surface area is 118 Å². The van der Waals surface area contributed by atoms with Crippen LogP contribution in [0.25, 0.3) is 0 Å². The second kappa shape index (κ2) is 4.86. The fraction of sp³-hybridized carbons (Fsp3) is 0.500. The summed E-state index contributed by atoms with van der Waals surface area (Å²) in [4.78, 5) is 13.8. The third-order valence-electron chi connectivity index (χ3n) is 4.34. The van der Waals surface area contributed by atoms with Crippen LogP contribution in [0, 0.1) is 0 Å². The Bertz CT molecular complexity index is 642. The Morgan fingerprint density at radius 1 is 1.25 bits per heavy atom. The number of carbonyl (C=O) groups is 1. The molecule has 3 fully saturated rings. The molecule has 3 saturated heterocycles. The Kier molecular flexibility index (Phi) is 3.30. The number of amides is 1. The minimum absolute atomic E-state index is 0.224. The van der Waals surface area contributed by atoms with E-state index in [0.717, 1.165) is 17.5 Å². The van der Waals surface area contributed by atoms with Crippen molar-refractivity contribution >= 4 is 15.7 Å². The van der Waals surface area contributed by atoms with Crippen LogP contribution in [0.3, 0.4) is 0 Å². The first kappa shape index (κ1) is 13.6. The molecule has 2 atom stereocenters. The zero-order chi connectivity index (χ0) is 14.3. The molecule has 4 rings (SSSR count).